The van der Waals surface area contributed by atoms with Crippen molar-refractivity contribution in [2.24, 2.45) is 0 Å². The Labute approximate surface area is 104 Å². The fourth-order valence-corrected chi connectivity index (χ4v) is 2.30. The maximum absolute atomic E-state index is 10.4. The van der Waals surface area contributed by atoms with Crippen LogP contribution in [0.4, 0.5) is 0 Å². The number of hydrogen-bond acceptors (Lipinski definition) is 2. The minimum absolute atomic E-state index is 0.921. The molecular formula is C14H12O2S. The number of rotatable bonds is 3. The Balaban J connectivity index is 2.23. The molecule has 2 rings (SSSR count). The molecule has 2 nitrogen and oxygen atoms in total. The number of carboxylic acids is 1. The number of aliphatic carboxylic acids is 1. The highest BCUT2D eigenvalue weighted by Gasteiger charge is 2.00. The van der Waals surface area contributed by atoms with E-state index in [-0.39, 0.29) is 0 Å². The van der Waals surface area contributed by atoms with Gasteiger partial charge in [-0.15, -0.1) is 11.3 Å². The Morgan fingerprint density at radius 1 is 1.24 bits per heavy atom. The van der Waals surface area contributed by atoms with Gasteiger partial charge in [-0.05, 0) is 35.6 Å². The monoisotopic (exact) mass is 244 g/mol. The third-order valence-corrected chi connectivity index (χ3v) is 3.29. The van der Waals surface area contributed by atoms with Gasteiger partial charge in [0.15, 0.2) is 0 Å². The maximum atomic E-state index is 10.4. The van der Waals surface area contributed by atoms with Crippen LogP contribution in [0.5, 0.6) is 0 Å². The average molecular weight is 244 g/mol. The summed E-state index contributed by atoms with van der Waals surface area (Å²) in [5.74, 6) is -0.921. The zero-order valence-corrected chi connectivity index (χ0v) is 10.2. The minimum Gasteiger partial charge on any atom is -0.478 e. The van der Waals surface area contributed by atoms with Gasteiger partial charge in [-0.3, -0.25) is 0 Å². The van der Waals surface area contributed by atoms with Crippen LogP contribution in [0.3, 0.4) is 0 Å². The first-order valence-corrected chi connectivity index (χ1v) is 6.10. The predicted octanol–water partition coefficient (Wildman–Crippen LogP) is 3.82. The summed E-state index contributed by atoms with van der Waals surface area (Å²) in [7, 11) is 0. The standard InChI is InChI=1S/C14H12O2S/c1-10-2-4-11(5-3-10)12-8-13(17-9-12)6-7-14(15)16/h2-9H,1H3,(H,15,16)/b7-6+. The van der Waals surface area contributed by atoms with Crippen LogP contribution in [-0.4, -0.2) is 11.1 Å². The molecule has 0 atom stereocenters. The lowest BCUT2D eigenvalue weighted by atomic mass is 10.1. The summed E-state index contributed by atoms with van der Waals surface area (Å²) in [5, 5.41) is 10.6. The van der Waals surface area contributed by atoms with Crippen molar-refractivity contribution in [2.45, 2.75) is 6.92 Å². The minimum atomic E-state index is -0.921. The van der Waals surface area contributed by atoms with E-state index in [1.807, 2.05) is 11.4 Å². The van der Waals surface area contributed by atoms with Gasteiger partial charge in [0.25, 0.3) is 0 Å². The molecule has 2 aromatic rings. The average Bonchev–Trinajstić information content (AvgIpc) is 2.76. The van der Waals surface area contributed by atoms with Gasteiger partial charge in [-0.25, -0.2) is 4.79 Å². The summed E-state index contributed by atoms with van der Waals surface area (Å²) in [5.41, 5.74) is 3.51. The lowest BCUT2D eigenvalue weighted by molar-refractivity contribution is -0.131. The summed E-state index contributed by atoms with van der Waals surface area (Å²) in [4.78, 5) is 11.4. The van der Waals surface area contributed by atoms with Gasteiger partial charge in [0.05, 0.1) is 0 Å². The van der Waals surface area contributed by atoms with Crippen LogP contribution in [-0.2, 0) is 4.79 Å². The Morgan fingerprint density at radius 3 is 2.59 bits per heavy atom. The van der Waals surface area contributed by atoms with E-state index in [2.05, 4.69) is 31.2 Å². The normalized spacial score (nSPS) is 10.9. The van der Waals surface area contributed by atoms with Crippen molar-refractivity contribution in [1.82, 2.24) is 0 Å². The molecule has 0 aliphatic carbocycles. The molecule has 1 heterocycles. The molecule has 17 heavy (non-hydrogen) atoms. The third kappa shape index (κ3) is 3.04. The summed E-state index contributed by atoms with van der Waals surface area (Å²) < 4.78 is 0. The van der Waals surface area contributed by atoms with E-state index in [4.69, 9.17) is 5.11 Å². The smallest absolute Gasteiger partial charge is 0.328 e. The number of carboxylic acid groups (broad SMARTS) is 1. The molecule has 0 amide bonds. The highest BCUT2D eigenvalue weighted by Crippen LogP contribution is 2.26. The SMILES string of the molecule is Cc1ccc(-c2csc(/C=C/C(=O)O)c2)cc1. The van der Waals surface area contributed by atoms with Gasteiger partial charge < -0.3 is 5.11 Å². The summed E-state index contributed by atoms with van der Waals surface area (Å²) >= 11 is 1.54. The van der Waals surface area contributed by atoms with Gasteiger partial charge in [-0.1, -0.05) is 29.8 Å². The second kappa shape index (κ2) is 4.97. The van der Waals surface area contributed by atoms with Crippen LogP contribution >= 0.6 is 11.3 Å². The van der Waals surface area contributed by atoms with Crippen molar-refractivity contribution in [3.8, 4) is 11.1 Å². The molecule has 1 aromatic carbocycles. The molecule has 0 spiro atoms. The second-order valence-corrected chi connectivity index (χ2v) is 4.72. The third-order valence-electron chi connectivity index (χ3n) is 2.39. The van der Waals surface area contributed by atoms with Gasteiger partial charge in [0.2, 0.25) is 0 Å². The molecule has 1 N–H and O–H groups in total. The summed E-state index contributed by atoms with van der Waals surface area (Å²) in [6.45, 7) is 2.05. The van der Waals surface area contributed by atoms with Crippen molar-refractivity contribution in [1.29, 1.82) is 0 Å². The highest BCUT2D eigenvalue weighted by atomic mass is 32.1. The van der Waals surface area contributed by atoms with Crippen LogP contribution in [0.2, 0.25) is 0 Å². The van der Waals surface area contributed by atoms with Crippen molar-refractivity contribution < 1.29 is 9.90 Å². The molecule has 0 aliphatic rings. The first kappa shape index (κ1) is 11.6. The first-order valence-electron chi connectivity index (χ1n) is 5.22. The molecule has 0 bridgehead atoms. The van der Waals surface area contributed by atoms with Crippen LogP contribution in [0.25, 0.3) is 17.2 Å². The Hall–Kier alpha value is -1.87. The van der Waals surface area contributed by atoms with E-state index in [9.17, 15) is 4.79 Å². The molecule has 0 radical (unpaired) electrons. The number of thiophene rings is 1. The van der Waals surface area contributed by atoms with Crippen molar-refractivity contribution in [2.75, 3.05) is 0 Å². The summed E-state index contributed by atoms with van der Waals surface area (Å²) in [6.07, 6.45) is 2.77. The van der Waals surface area contributed by atoms with Crippen LogP contribution in [0, 0.1) is 6.92 Å². The highest BCUT2D eigenvalue weighted by molar-refractivity contribution is 7.11. The van der Waals surface area contributed by atoms with E-state index in [0.29, 0.717) is 0 Å². The van der Waals surface area contributed by atoms with Crippen molar-refractivity contribution in [3.05, 3.63) is 52.2 Å². The first-order chi connectivity index (χ1) is 8.15. The maximum Gasteiger partial charge on any atom is 0.328 e. The molecule has 86 valence electrons. The van der Waals surface area contributed by atoms with E-state index < -0.39 is 5.97 Å². The fraction of sp³-hybridized carbons (Fsp3) is 0.0714. The van der Waals surface area contributed by atoms with Gasteiger partial charge in [0.1, 0.15) is 0 Å². The van der Waals surface area contributed by atoms with Gasteiger partial charge in [-0.2, -0.15) is 0 Å². The van der Waals surface area contributed by atoms with E-state index in [0.717, 1.165) is 22.1 Å². The molecule has 1 aromatic heterocycles. The number of aryl methyl sites for hydroxylation is 1. The van der Waals surface area contributed by atoms with Gasteiger partial charge in [0, 0.05) is 11.0 Å². The number of carbonyl (C=O) groups is 1. The zero-order valence-electron chi connectivity index (χ0n) is 9.38. The molecule has 0 aliphatic heterocycles. The van der Waals surface area contributed by atoms with Crippen LogP contribution in [0.15, 0.2) is 41.8 Å². The topological polar surface area (TPSA) is 37.3 Å². The molecule has 0 saturated heterocycles. The lowest BCUT2D eigenvalue weighted by Crippen LogP contribution is -1.84. The Morgan fingerprint density at radius 2 is 1.94 bits per heavy atom. The quantitative estimate of drug-likeness (QED) is 0.833. The van der Waals surface area contributed by atoms with Crippen LogP contribution < -0.4 is 0 Å². The second-order valence-electron chi connectivity index (χ2n) is 3.78. The fourth-order valence-electron chi connectivity index (χ4n) is 1.49. The molecular weight excluding hydrogens is 232 g/mol. The summed E-state index contributed by atoms with van der Waals surface area (Å²) in [6, 6.07) is 10.3. The number of benzene rings is 1. The van der Waals surface area contributed by atoms with E-state index in [1.165, 1.54) is 5.56 Å². The van der Waals surface area contributed by atoms with Gasteiger partial charge >= 0.3 is 5.97 Å². The molecule has 3 heteroatoms. The van der Waals surface area contributed by atoms with E-state index in [1.54, 1.807) is 17.4 Å². The van der Waals surface area contributed by atoms with E-state index >= 15 is 0 Å². The lowest BCUT2D eigenvalue weighted by Gasteiger charge is -1.97. The van der Waals surface area contributed by atoms with Crippen LogP contribution in [0.1, 0.15) is 10.4 Å². The Kier molecular flexibility index (Phi) is 3.40. The predicted molar refractivity (Wildman–Crippen MR) is 71.2 cm³/mol. The zero-order chi connectivity index (χ0) is 12.3. The Bertz CT molecular complexity index is 550. The molecule has 0 saturated carbocycles. The van der Waals surface area contributed by atoms with Crippen molar-refractivity contribution in [3.63, 3.8) is 0 Å². The molecule has 0 fully saturated rings. The largest absolute Gasteiger partial charge is 0.478 e. The molecule has 0 unspecified atom stereocenters. The van der Waals surface area contributed by atoms with Crippen molar-refractivity contribution >= 4 is 23.4 Å². The number of hydrogen-bond donors (Lipinski definition) is 1.